The van der Waals surface area contributed by atoms with Crippen molar-refractivity contribution < 1.29 is 9.47 Å². The average molecular weight is 336 g/mol. The zero-order valence-corrected chi connectivity index (χ0v) is 13.0. The normalized spacial score (nSPS) is 10.1. The van der Waals surface area contributed by atoms with Gasteiger partial charge in [0.2, 0.25) is 0 Å². The quantitative estimate of drug-likeness (QED) is 0.763. The first-order valence-electron chi connectivity index (χ1n) is 6.63. The topological polar surface area (TPSA) is 30.5 Å². The highest BCUT2D eigenvalue weighted by atomic mass is 79.9. The van der Waals surface area contributed by atoms with E-state index in [2.05, 4.69) is 21.2 Å². The van der Waals surface area contributed by atoms with Crippen LogP contribution in [0.25, 0.3) is 0 Å². The molecule has 0 radical (unpaired) electrons. The van der Waals surface area contributed by atoms with Crippen LogP contribution in [-0.4, -0.2) is 19.8 Å². The molecule has 0 amide bonds. The summed E-state index contributed by atoms with van der Waals surface area (Å²) in [5.41, 5.74) is 1.07. The van der Waals surface area contributed by atoms with Crippen molar-refractivity contribution in [3.8, 4) is 11.5 Å². The van der Waals surface area contributed by atoms with Gasteiger partial charge < -0.3 is 14.8 Å². The molecule has 2 aromatic carbocycles. The number of nitrogens with one attached hydrogen (secondary N) is 1. The van der Waals surface area contributed by atoms with Crippen LogP contribution in [0.3, 0.4) is 0 Å². The van der Waals surface area contributed by atoms with Crippen LogP contribution in [0.4, 0.5) is 5.69 Å². The van der Waals surface area contributed by atoms with Crippen LogP contribution in [0, 0.1) is 0 Å². The molecule has 0 saturated heterocycles. The Morgan fingerprint density at radius 2 is 1.60 bits per heavy atom. The van der Waals surface area contributed by atoms with Gasteiger partial charge >= 0.3 is 0 Å². The standard InChI is InChI=1S/C16H18BrNO2/c1-2-19-13-7-9-14(10-8-13)20-12-11-18-16-6-4-3-5-15(16)17/h3-10,18H,2,11-12H2,1H3. The lowest BCUT2D eigenvalue weighted by molar-refractivity contribution is 0.326. The molecule has 0 unspecified atom stereocenters. The highest BCUT2D eigenvalue weighted by Gasteiger charge is 1.98. The van der Waals surface area contributed by atoms with Gasteiger partial charge in [0.15, 0.2) is 0 Å². The minimum absolute atomic E-state index is 0.606. The molecule has 106 valence electrons. The predicted molar refractivity (Wildman–Crippen MR) is 85.7 cm³/mol. The van der Waals surface area contributed by atoms with Gasteiger partial charge in [0, 0.05) is 16.7 Å². The molecule has 0 aliphatic carbocycles. The number of para-hydroxylation sites is 1. The monoisotopic (exact) mass is 335 g/mol. The largest absolute Gasteiger partial charge is 0.494 e. The van der Waals surface area contributed by atoms with Crippen LogP contribution in [0.5, 0.6) is 11.5 Å². The van der Waals surface area contributed by atoms with Gasteiger partial charge in [-0.05, 0) is 59.3 Å². The van der Waals surface area contributed by atoms with E-state index in [9.17, 15) is 0 Å². The average Bonchev–Trinajstić information content (AvgIpc) is 2.47. The van der Waals surface area contributed by atoms with Gasteiger partial charge in [0.25, 0.3) is 0 Å². The molecule has 0 heterocycles. The van der Waals surface area contributed by atoms with Crippen LogP contribution >= 0.6 is 15.9 Å². The Balaban J connectivity index is 1.74. The first-order chi connectivity index (χ1) is 9.79. The molecule has 0 fully saturated rings. The van der Waals surface area contributed by atoms with Crippen molar-refractivity contribution in [2.75, 3.05) is 25.1 Å². The summed E-state index contributed by atoms with van der Waals surface area (Å²) in [5, 5.41) is 3.32. The van der Waals surface area contributed by atoms with Crippen LogP contribution in [-0.2, 0) is 0 Å². The van der Waals surface area contributed by atoms with Gasteiger partial charge in [-0.3, -0.25) is 0 Å². The zero-order chi connectivity index (χ0) is 14.2. The molecule has 2 rings (SSSR count). The van der Waals surface area contributed by atoms with Gasteiger partial charge in [-0.15, -0.1) is 0 Å². The summed E-state index contributed by atoms with van der Waals surface area (Å²) >= 11 is 3.50. The van der Waals surface area contributed by atoms with Crippen LogP contribution in [0.15, 0.2) is 53.0 Å². The Morgan fingerprint density at radius 1 is 0.950 bits per heavy atom. The molecule has 0 saturated carbocycles. The second kappa shape index (κ2) is 7.80. The van der Waals surface area contributed by atoms with E-state index in [-0.39, 0.29) is 0 Å². The SMILES string of the molecule is CCOc1ccc(OCCNc2ccccc2Br)cc1. The maximum absolute atomic E-state index is 5.67. The summed E-state index contributed by atoms with van der Waals surface area (Å²) < 4.78 is 12.1. The smallest absolute Gasteiger partial charge is 0.119 e. The van der Waals surface area contributed by atoms with Crippen LogP contribution < -0.4 is 14.8 Å². The van der Waals surface area contributed by atoms with Gasteiger partial charge in [0.1, 0.15) is 18.1 Å². The van der Waals surface area contributed by atoms with Crippen molar-refractivity contribution in [2.45, 2.75) is 6.92 Å². The molecule has 20 heavy (non-hydrogen) atoms. The van der Waals surface area contributed by atoms with Gasteiger partial charge in [-0.1, -0.05) is 12.1 Å². The van der Waals surface area contributed by atoms with Crippen molar-refractivity contribution in [1.29, 1.82) is 0 Å². The molecule has 1 N–H and O–H groups in total. The lowest BCUT2D eigenvalue weighted by Gasteiger charge is -2.10. The van der Waals surface area contributed by atoms with E-state index in [1.165, 1.54) is 0 Å². The molecule has 4 heteroatoms. The third-order valence-corrected chi connectivity index (χ3v) is 3.39. The number of benzene rings is 2. The third kappa shape index (κ3) is 4.46. The molecular weight excluding hydrogens is 318 g/mol. The van der Waals surface area contributed by atoms with Gasteiger partial charge in [-0.2, -0.15) is 0 Å². The lowest BCUT2D eigenvalue weighted by Crippen LogP contribution is -2.11. The molecule has 3 nitrogen and oxygen atoms in total. The molecule has 0 aromatic heterocycles. The molecule has 0 atom stereocenters. The number of halogens is 1. The second-order valence-electron chi connectivity index (χ2n) is 4.16. The Morgan fingerprint density at radius 3 is 2.25 bits per heavy atom. The molecule has 0 spiro atoms. The van der Waals surface area contributed by atoms with E-state index in [4.69, 9.17) is 9.47 Å². The zero-order valence-electron chi connectivity index (χ0n) is 11.4. The maximum Gasteiger partial charge on any atom is 0.119 e. The molecular formula is C16H18BrNO2. The number of hydrogen-bond acceptors (Lipinski definition) is 3. The third-order valence-electron chi connectivity index (χ3n) is 2.69. The fraction of sp³-hybridized carbons (Fsp3) is 0.250. The van der Waals surface area contributed by atoms with E-state index in [0.717, 1.165) is 28.2 Å². The van der Waals surface area contributed by atoms with Crippen molar-refractivity contribution in [1.82, 2.24) is 0 Å². The molecule has 0 aliphatic heterocycles. The van der Waals surface area contributed by atoms with Crippen LogP contribution in [0.2, 0.25) is 0 Å². The fourth-order valence-electron chi connectivity index (χ4n) is 1.76. The minimum atomic E-state index is 0.606. The first-order valence-corrected chi connectivity index (χ1v) is 7.43. The van der Waals surface area contributed by atoms with Gasteiger partial charge in [-0.25, -0.2) is 0 Å². The fourth-order valence-corrected chi connectivity index (χ4v) is 2.18. The molecule has 0 aliphatic rings. The first kappa shape index (κ1) is 14.7. The minimum Gasteiger partial charge on any atom is -0.494 e. The number of rotatable bonds is 7. The summed E-state index contributed by atoms with van der Waals surface area (Å²) in [6.45, 7) is 4.00. The Hall–Kier alpha value is -1.68. The number of hydrogen-bond donors (Lipinski definition) is 1. The summed E-state index contributed by atoms with van der Waals surface area (Å²) in [6, 6.07) is 15.7. The Bertz CT molecular complexity index is 528. The second-order valence-corrected chi connectivity index (χ2v) is 5.01. The number of anilines is 1. The summed E-state index contributed by atoms with van der Waals surface area (Å²) in [4.78, 5) is 0. The van der Waals surface area contributed by atoms with Gasteiger partial charge in [0.05, 0.1) is 6.61 Å². The Labute approximate surface area is 128 Å². The van der Waals surface area contributed by atoms with Crippen LogP contribution in [0.1, 0.15) is 6.92 Å². The lowest BCUT2D eigenvalue weighted by atomic mass is 10.3. The highest BCUT2D eigenvalue weighted by Crippen LogP contribution is 2.21. The summed E-state index contributed by atoms with van der Waals surface area (Å²) in [5.74, 6) is 1.72. The maximum atomic E-state index is 5.67. The van der Waals surface area contributed by atoms with E-state index in [0.29, 0.717) is 13.2 Å². The number of ether oxygens (including phenoxy) is 2. The van der Waals surface area contributed by atoms with Crippen molar-refractivity contribution in [2.24, 2.45) is 0 Å². The Kier molecular flexibility index (Phi) is 5.74. The van der Waals surface area contributed by atoms with E-state index in [1.807, 2.05) is 55.5 Å². The van der Waals surface area contributed by atoms with E-state index in [1.54, 1.807) is 0 Å². The van der Waals surface area contributed by atoms with Crippen molar-refractivity contribution in [3.63, 3.8) is 0 Å². The van der Waals surface area contributed by atoms with E-state index < -0.39 is 0 Å². The van der Waals surface area contributed by atoms with Crippen molar-refractivity contribution in [3.05, 3.63) is 53.0 Å². The van der Waals surface area contributed by atoms with E-state index >= 15 is 0 Å². The molecule has 2 aromatic rings. The molecule has 0 bridgehead atoms. The predicted octanol–water partition coefficient (Wildman–Crippen LogP) is 4.34. The van der Waals surface area contributed by atoms with Crippen molar-refractivity contribution >= 4 is 21.6 Å². The summed E-state index contributed by atoms with van der Waals surface area (Å²) in [6.07, 6.45) is 0. The highest BCUT2D eigenvalue weighted by molar-refractivity contribution is 9.10. The summed E-state index contributed by atoms with van der Waals surface area (Å²) in [7, 11) is 0.